The molecule has 3 rings (SSSR count). The van der Waals surface area contributed by atoms with E-state index in [2.05, 4.69) is 15.3 Å². The Balaban J connectivity index is 1.64. The van der Waals surface area contributed by atoms with Crippen LogP contribution in [0.1, 0.15) is 17.3 Å². The number of nitrogens with one attached hydrogen (secondary N) is 2. The molecular weight excluding hydrogens is 288 g/mol. The molecule has 0 aliphatic carbocycles. The summed E-state index contributed by atoms with van der Waals surface area (Å²) in [6, 6.07) is 13.7. The summed E-state index contributed by atoms with van der Waals surface area (Å²) in [4.78, 5) is 19.6. The molecule has 0 saturated heterocycles. The van der Waals surface area contributed by atoms with Crippen molar-refractivity contribution in [1.82, 2.24) is 19.9 Å². The van der Waals surface area contributed by atoms with Gasteiger partial charge in [0, 0.05) is 43.7 Å². The second kappa shape index (κ2) is 7.45. The predicted molar refractivity (Wildman–Crippen MR) is 88.9 cm³/mol. The first-order valence-corrected chi connectivity index (χ1v) is 7.74. The Morgan fingerprint density at radius 3 is 2.65 bits per heavy atom. The summed E-state index contributed by atoms with van der Waals surface area (Å²) in [6.07, 6.45) is 8.71. The summed E-state index contributed by atoms with van der Waals surface area (Å²) in [5.74, 6) is 0.0320. The molecule has 23 heavy (non-hydrogen) atoms. The van der Waals surface area contributed by atoms with E-state index in [0.717, 1.165) is 17.7 Å². The third-order valence-electron chi connectivity index (χ3n) is 3.81. The van der Waals surface area contributed by atoms with Crippen molar-refractivity contribution < 1.29 is 4.79 Å². The molecule has 0 saturated carbocycles. The van der Waals surface area contributed by atoms with Gasteiger partial charge in [-0.05, 0) is 17.7 Å². The molecular formula is C18H20N4O. The smallest absolute Gasteiger partial charge is 0.243 e. The van der Waals surface area contributed by atoms with Crippen LogP contribution in [0, 0.1) is 0 Å². The van der Waals surface area contributed by atoms with E-state index in [4.69, 9.17) is 0 Å². The monoisotopic (exact) mass is 308 g/mol. The zero-order valence-corrected chi connectivity index (χ0v) is 12.9. The predicted octanol–water partition coefficient (Wildman–Crippen LogP) is 2.35. The fourth-order valence-corrected chi connectivity index (χ4v) is 2.59. The summed E-state index contributed by atoms with van der Waals surface area (Å²) in [5.41, 5.74) is 2.17. The van der Waals surface area contributed by atoms with Crippen molar-refractivity contribution in [2.24, 2.45) is 0 Å². The molecule has 3 aromatic rings. The van der Waals surface area contributed by atoms with Crippen LogP contribution in [-0.4, -0.2) is 27.0 Å². The minimum absolute atomic E-state index is 0.0320. The average molecular weight is 308 g/mol. The zero-order chi connectivity index (χ0) is 15.9. The number of hydrogen-bond acceptors (Lipinski definition) is 2. The van der Waals surface area contributed by atoms with Gasteiger partial charge < -0.3 is 14.9 Å². The van der Waals surface area contributed by atoms with E-state index in [1.807, 2.05) is 59.4 Å². The number of H-pyrrole nitrogens is 1. The molecule has 1 unspecified atom stereocenters. The first kappa shape index (κ1) is 15.1. The Labute approximate surface area is 135 Å². The highest BCUT2D eigenvalue weighted by molar-refractivity contribution is 5.80. The molecule has 2 aromatic heterocycles. The highest BCUT2D eigenvalue weighted by Gasteiger charge is 2.19. The van der Waals surface area contributed by atoms with Crippen molar-refractivity contribution in [3.63, 3.8) is 0 Å². The Hall–Kier alpha value is -2.82. The number of hydrogen-bond donors (Lipinski definition) is 2. The van der Waals surface area contributed by atoms with E-state index < -0.39 is 0 Å². The molecule has 0 fully saturated rings. The maximum absolute atomic E-state index is 12.6. The van der Waals surface area contributed by atoms with Gasteiger partial charge in [0.25, 0.3) is 0 Å². The van der Waals surface area contributed by atoms with Gasteiger partial charge in [0.1, 0.15) is 6.04 Å². The lowest BCUT2D eigenvalue weighted by Crippen LogP contribution is -2.34. The average Bonchev–Trinajstić information content (AvgIpc) is 3.27. The van der Waals surface area contributed by atoms with Gasteiger partial charge in [-0.1, -0.05) is 30.3 Å². The van der Waals surface area contributed by atoms with E-state index >= 15 is 0 Å². The SMILES string of the molecule is O=C(NCCc1cnc[nH]1)C(Cc1ccccc1)n1cccc1. The van der Waals surface area contributed by atoms with Gasteiger partial charge in [-0.2, -0.15) is 0 Å². The van der Waals surface area contributed by atoms with E-state index in [-0.39, 0.29) is 11.9 Å². The molecule has 2 N–H and O–H groups in total. The summed E-state index contributed by atoms with van der Waals surface area (Å²) in [5, 5.41) is 3.02. The number of rotatable bonds is 7. The zero-order valence-electron chi connectivity index (χ0n) is 12.9. The van der Waals surface area contributed by atoms with Crippen LogP contribution in [0.15, 0.2) is 67.4 Å². The molecule has 5 heteroatoms. The van der Waals surface area contributed by atoms with Crippen LogP contribution in [-0.2, 0) is 17.6 Å². The second-order valence-electron chi connectivity index (χ2n) is 5.45. The van der Waals surface area contributed by atoms with Gasteiger partial charge in [-0.3, -0.25) is 4.79 Å². The van der Waals surface area contributed by atoms with Crippen molar-refractivity contribution in [3.05, 3.63) is 78.6 Å². The molecule has 0 spiro atoms. The van der Waals surface area contributed by atoms with Gasteiger partial charge in [-0.25, -0.2) is 4.98 Å². The molecule has 2 heterocycles. The number of carbonyl (C=O) groups is 1. The molecule has 0 aliphatic heterocycles. The Kier molecular flexibility index (Phi) is 4.88. The fraction of sp³-hybridized carbons (Fsp3) is 0.222. The van der Waals surface area contributed by atoms with Crippen LogP contribution in [0.4, 0.5) is 0 Å². The van der Waals surface area contributed by atoms with E-state index in [0.29, 0.717) is 13.0 Å². The molecule has 1 amide bonds. The number of aromatic nitrogens is 3. The van der Waals surface area contributed by atoms with Crippen LogP contribution >= 0.6 is 0 Å². The lowest BCUT2D eigenvalue weighted by atomic mass is 10.1. The highest BCUT2D eigenvalue weighted by Crippen LogP contribution is 2.15. The van der Waals surface area contributed by atoms with Crippen LogP contribution in [0.2, 0.25) is 0 Å². The maximum atomic E-state index is 12.6. The summed E-state index contributed by atoms with van der Waals surface area (Å²) >= 11 is 0. The molecule has 0 radical (unpaired) electrons. The third-order valence-corrected chi connectivity index (χ3v) is 3.81. The number of carbonyl (C=O) groups excluding carboxylic acids is 1. The molecule has 1 atom stereocenters. The number of aromatic amines is 1. The first-order valence-electron chi connectivity index (χ1n) is 7.74. The van der Waals surface area contributed by atoms with Crippen molar-refractivity contribution in [2.75, 3.05) is 6.54 Å². The molecule has 5 nitrogen and oxygen atoms in total. The highest BCUT2D eigenvalue weighted by atomic mass is 16.2. The second-order valence-corrected chi connectivity index (χ2v) is 5.45. The minimum Gasteiger partial charge on any atom is -0.354 e. The molecule has 1 aromatic carbocycles. The van der Waals surface area contributed by atoms with Crippen LogP contribution in [0.3, 0.4) is 0 Å². The number of imidazole rings is 1. The Morgan fingerprint density at radius 2 is 1.96 bits per heavy atom. The lowest BCUT2D eigenvalue weighted by Gasteiger charge is -2.19. The van der Waals surface area contributed by atoms with Crippen molar-refractivity contribution in [2.45, 2.75) is 18.9 Å². The summed E-state index contributed by atoms with van der Waals surface area (Å²) in [7, 11) is 0. The largest absolute Gasteiger partial charge is 0.354 e. The third kappa shape index (κ3) is 4.10. The normalized spacial score (nSPS) is 12.0. The first-order chi connectivity index (χ1) is 11.3. The molecule has 118 valence electrons. The Morgan fingerprint density at radius 1 is 1.17 bits per heavy atom. The maximum Gasteiger partial charge on any atom is 0.243 e. The summed E-state index contributed by atoms with van der Waals surface area (Å²) < 4.78 is 1.96. The van der Waals surface area contributed by atoms with E-state index in [1.165, 1.54) is 0 Å². The van der Waals surface area contributed by atoms with Crippen molar-refractivity contribution in [3.8, 4) is 0 Å². The van der Waals surface area contributed by atoms with Crippen molar-refractivity contribution >= 4 is 5.91 Å². The topological polar surface area (TPSA) is 62.7 Å². The number of benzene rings is 1. The van der Waals surface area contributed by atoms with Crippen LogP contribution in [0.5, 0.6) is 0 Å². The van der Waals surface area contributed by atoms with Crippen LogP contribution in [0.25, 0.3) is 0 Å². The van der Waals surface area contributed by atoms with Crippen LogP contribution < -0.4 is 5.32 Å². The number of nitrogens with zero attached hydrogens (tertiary/aromatic N) is 2. The van der Waals surface area contributed by atoms with Crippen molar-refractivity contribution in [1.29, 1.82) is 0 Å². The fourth-order valence-electron chi connectivity index (χ4n) is 2.59. The van der Waals surface area contributed by atoms with Gasteiger partial charge in [0.05, 0.1) is 6.33 Å². The van der Waals surface area contributed by atoms with E-state index in [9.17, 15) is 4.79 Å². The van der Waals surface area contributed by atoms with E-state index in [1.54, 1.807) is 12.5 Å². The molecule has 0 bridgehead atoms. The van der Waals surface area contributed by atoms with Gasteiger partial charge >= 0.3 is 0 Å². The number of amides is 1. The minimum atomic E-state index is -0.242. The van der Waals surface area contributed by atoms with Gasteiger partial charge in [0.2, 0.25) is 5.91 Å². The van der Waals surface area contributed by atoms with Gasteiger partial charge in [-0.15, -0.1) is 0 Å². The summed E-state index contributed by atoms with van der Waals surface area (Å²) in [6.45, 7) is 0.591. The standard InChI is InChI=1S/C18H20N4O/c23-18(20-9-8-16-13-19-14-21-16)17(22-10-4-5-11-22)12-15-6-2-1-3-7-15/h1-7,10-11,13-14,17H,8-9,12H2,(H,19,21)(H,20,23). The lowest BCUT2D eigenvalue weighted by molar-refractivity contribution is -0.124. The quantitative estimate of drug-likeness (QED) is 0.704. The Bertz CT molecular complexity index is 705. The molecule has 0 aliphatic rings. The van der Waals surface area contributed by atoms with Gasteiger partial charge in [0.15, 0.2) is 0 Å².